The average molecular weight is 293 g/mol. The molecule has 0 aliphatic heterocycles. The van der Waals surface area contributed by atoms with Gasteiger partial charge in [0.05, 0.1) is 0 Å². The van der Waals surface area contributed by atoms with Crippen molar-refractivity contribution >= 4 is 0 Å². The molecule has 0 bridgehead atoms. The molecule has 2 rings (SSSR count). The first kappa shape index (κ1) is 17.8. The zero-order valence-electron chi connectivity index (χ0n) is 10.0. The van der Waals surface area contributed by atoms with Gasteiger partial charge >= 0.3 is 26.2 Å². The van der Waals surface area contributed by atoms with Crippen molar-refractivity contribution in [3.8, 4) is 0 Å². The van der Waals surface area contributed by atoms with Crippen molar-refractivity contribution in [3.63, 3.8) is 0 Å². The summed E-state index contributed by atoms with van der Waals surface area (Å²) in [5.41, 5.74) is 3.20. The molecule has 0 saturated carbocycles. The first-order valence-electron chi connectivity index (χ1n) is 5.33. The van der Waals surface area contributed by atoms with Crippen LogP contribution in [0.4, 0.5) is 0 Å². The molecule has 0 fully saturated rings. The third-order valence-electron chi connectivity index (χ3n) is 2.15. The van der Waals surface area contributed by atoms with Gasteiger partial charge in [0.2, 0.25) is 0 Å². The summed E-state index contributed by atoms with van der Waals surface area (Å²) in [5, 5.41) is 0. The van der Waals surface area contributed by atoms with E-state index in [2.05, 4.69) is 45.2 Å². The number of rotatable bonds is 0. The minimum Gasteiger partial charge on any atom is -0.245 e. The summed E-state index contributed by atoms with van der Waals surface area (Å²) in [6.45, 7) is 13.0. The Morgan fingerprint density at radius 2 is 1.62 bits per heavy atom. The van der Waals surface area contributed by atoms with Gasteiger partial charge in [-0.05, 0) is 0 Å². The van der Waals surface area contributed by atoms with E-state index in [-0.39, 0.29) is 26.2 Å². The zero-order chi connectivity index (χ0) is 11.5. The Hall–Kier alpha value is -0.547. The second-order valence-corrected chi connectivity index (χ2v) is 3.36. The number of aryl methyl sites for hydroxylation is 2. The molecule has 1 aromatic carbocycles. The fourth-order valence-corrected chi connectivity index (χ4v) is 1.61. The Morgan fingerprint density at radius 1 is 1.12 bits per heavy atom. The molecule has 85 valence electrons. The average Bonchev–Trinajstić information content (AvgIpc) is 2.67. The zero-order valence-corrected chi connectivity index (χ0v) is 12.5. The maximum Gasteiger partial charge on any atom is 3.00 e. The third-order valence-corrected chi connectivity index (χ3v) is 2.15. The van der Waals surface area contributed by atoms with Crippen molar-refractivity contribution in [2.24, 2.45) is 0 Å². The molecule has 0 N–H and O–H groups in total. The molecule has 0 heterocycles. The predicted molar refractivity (Wildman–Crippen MR) is 69.8 cm³/mol. The van der Waals surface area contributed by atoms with Gasteiger partial charge < -0.3 is 0 Å². The monoisotopic (exact) mass is 291 g/mol. The summed E-state index contributed by atoms with van der Waals surface area (Å²) in [6, 6.07) is 6.69. The minimum absolute atomic E-state index is 0. The Labute approximate surface area is 120 Å². The van der Waals surface area contributed by atoms with Gasteiger partial charge in [0, 0.05) is 0 Å². The quantitative estimate of drug-likeness (QED) is 0.626. The van der Waals surface area contributed by atoms with E-state index in [1.165, 1.54) is 37.8 Å². The van der Waals surface area contributed by atoms with Gasteiger partial charge in [-0.3, -0.25) is 0 Å². The fourth-order valence-electron chi connectivity index (χ4n) is 1.61. The molecule has 1 radical (unpaired) electrons. The van der Waals surface area contributed by atoms with E-state index in [0.29, 0.717) is 0 Å². The first-order chi connectivity index (χ1) is 7.29. The van der Waals surface area contributed by atoms with E-state index >= 15 is 0 Å². The van der Waals surface area contributed by atoms with E-state index < -0.39 is 0 Å². The van der Waals surface area contributed by atoms with Gasteiger partial charge in [-0.25, -0.2) is 45.2 Å². The van der Waals surface area contributed by atoms with E-state index in [1.807, 2.05) is 0 Å². The van der Waals surface area contributed by atoms with Gasteiger partial charge in [0.25, 0.3) is 0 Å². The maximum absolute atomic E-state index is 3.25. The standard InChI is InChI=1S/C9H11.2C3H5.Zr/c1-2-5-9-7-3-6-8(9)4-1;2*1-3-2;/h3,6-7H,1-2,4-5H2;2*3H,1-2H2;/q3*-1;+3. The molecule has 0 unspecified atom stereocenters. The van der Waals surface area contributed by atoms with Crippen LogP contribution in [0.15, 0.2) is 43.5 Å². The number of hydrogen-bond donors (Lipinski definition) is 0. The summed E-state index contributed by atoms with van der Waals surface area (Å²) in [5.74, 6) is 0. The Balaban J connectivity index is 0. The normalized spacial score (nSPS) is 11.2. The molecule has 16 heavy (non-hydrogen) atoms. The van der Waals surface area contributed by atoms with Gasteiger partial charge in [-0.1, -0.05) is 25.7 Å². The summed E-state index contributed by atoms with van der Waals surface area (Å²) in [4.78, 5) is 0. The number of hydrogen-bond acceptors (Lipinski definition) is 0. The van der Waals surface area contributed by atoms with Crippen LogP contribution in [-0.2, 0) is 39.0 Å². The molecule has 0 amide bonds. The molecular formula is C15H21Zr. The van der Waals surface area contributed by atoms with E-state index in [9.17, 15) is 0 Å². The summed E-state index contributed by atoms with van der Waals surface area (Å²) in [6.07, 6.45) is 8.44. The summed E-state index contributed by atoms with van der Waals surface area (Å²) in [7, 11) is 0. The summed E-state index contributed by atoms with van der Waals surface area (Å²) < 4.78 is 0. The summed E-state index contributed by atoms with van der Waals surface area (Å²) >= 11 is 0. The second-order valence-electron chi connectivity index (χ2n) is 3.36. The molecule has 1 aliphatic rings. The van der Waals surface area contributed by atoms with Crippen LogP contribution in [0.25, 0.3) is 0 Å². The smallest absolute Gasteiger partial charge is 0.245 e. The molecule has 1 aromatic rings. The van der Waals surface area contributed by atoms with E-state index in [1.54, 1.807) is 11.1 Å². The number of fused-ring (bicyclic) bond motifs is 1. The van der Waals surface area contributed by atoms with Crippen LogP contribution in [0.1, 0.15) is 24.0 Å². The topological polar surface area (TPSA) is 0 Å². The fraction of sp³-hybridized carbons (Fsp3) is 0.267. The van der Waals surface area contributed by atoms with Crippen LogP contribution in [0.3, 0.4) is 0 Å². The second kappa shape index (κ2) is 12.5. The van der Waals surface area contributed by atoms with Crippen molar-refractivity contribution in [1.82, 2.24) is 0 Å². The molecular weight excluding hydrogens is 271 g/mol. The SMILES string of the molecule is C=C[CH2-].C=C[CH2-].[Zr+3].c1cc2c([cH-]1)CCCC2. The van der Waals surface area contributed by atoms with Crippen molar-refractivity contribution in [1.29, 1.82) is 0 Å². The molecule has 0 spiro atoms. The molecule has 0 nitrogen and oxygen atoms in total. The van der Waals surface area contributed by atoms with Crippen molar-refractivity contribution < 1.29 is 26.2 Å². The van der Waals surface area contributed by atoms with Crippen LogP contribution in [0.5, 0.6) is 0 Å². The van der Waals surface area contributed by atoms with Crippen molar-refractivity contribution in [2.45, 2.75) is 25.7 Å². The molecule has 1 aliphatic carbocycles. The number of allylic oxidation sites excluding steroid dienone is 2. The maximum atomic E-state index is 3.25. The Morgan fingerprint density at radius 3 is 2.12 bits per heavy atom. The van der Waals surface area contributed by atoms with Crippen molar-refractivity contribution in [3.05, 3.63) is 68.5 Å². The van der Waals surface area contributed by atoms with Gasteiger partial charge in [0.15, 0.2) is 0 Å². The molecule has 1 heteroatoms. The van der Waals surface area contributed by atoms with Gasteiger partial charge in [0.1, 0.15) is 0 Å². The van der Waals surface area contributed by atoms with Crippen LogP contribution in [0.2, 0.25) is 0 Å². The Bertz CT molecular complexity index is 244. The van der Waals surface area contributed by atoms with Crippen LogP contribution in [0, 0.1) is 13.8 Å². The minimum atomic E-state index is 0. The van der Waals surface area contributed by atoms with Gasteiger partial charge in [-0.2, -0.15) is 23.3 Å². The Kier molecular flexibility index (Phi) is 14.0. The third kappa shape index (κ3) is 7.71. The molecule has 0 saturated heterocycles. The first-order valence-corrected chi connectivity index (χ1v) is 5.33. The van der Waals surface area contributed by atoms with Crippen molar-refractivity contribution in [2.75, 3.05) is 0 Å². The van der Waals surface area contributed by atoms with Crippen LogP contribution < -0.4 is 0 Å². The molecule has 0 atom stereocenters. The van der Waals surface area contributed by atoms with E-state index in [4.69, 9.17) is 0 Å². The largest absolute Gasteiger partial charge is 3.00 e. The van der Waals surface area contributed by atoms with Crippen LogP contribution in [-0.4, -0.2) is 0 Å². The predicted octanol–water partition coefficient (Wildman–Crippen LogP) is 4.29. The van der Waals surface area contributed by atoms with Gasteiger partial charge in [-0.15, -0.1) is 0 Å². The van der Waals surface area contributed by atoms with E-state index in [0.717, 1.165) is 0 Å². The molecule has 0 aromatic heterocycles. The van der Waals surface area contributed by atoms with Crippen LogP contribution >= 0.6 is 0 Å².